The quantitative estimate of drug-likeness (QED) is 0.801. The van der Waals surface area contributed by atoms with Gasteiger partial charge in [0.2, 0.25) is 5.12 Å². The maximum absolute atomic E-state index is 12.6. The van der Waals surface area contributed by atoms with Crippen LogP contribution in [-0.4, -0.2) is 24.1 Å². The van der Waals surface area contributed by atoms with Crippen molar-refractivity contribution in [2.24, 2.45) is 4.99 Å². The van der Waals surface area contributed by atoms with E-state index in [0.29, 0.717) is 17.2 Å². The minimum atomic E-state index is -4.80. The number of hydrogen-bond acceptors (Lipinski definition) is 4. The van der Waals surface area contributed by atoms with Gasteiger partial charge in [-0.25, -0.2) is 0 Å². The van der Waals surface area contributed by atoms with E-state index in [4.69, 9.17) is 4.74 Å². The fourth-order valence-electron chi connectivity index (χ4n) is 2.38. The molecule has 2 aromatic rings. The van der Waals surface area contributed by atoms with Crippen molar-refractivity contribution >= 4 is 27.2 Å². The van der Waals surface area contributed by atoms with Crippen LogP contribution in [0.5, 0.6) is 11.5 Å². The van der Waals surface area contributed by atoms with Crippen LogP contribution in [0.25, 0.3) is 0 Å². The monoisotopic (exact) mass is 369 g/mol. The maximum atomic E-state index is 12.6. The molecule has 1 heterocycles. The fraction of sp³-hybridized carbons (Fsp3) is 0.176. The first kappa shape index (κ1) is 17.3. The van der Waals surface area contributed by atoms with Crippen LogP contribution in [0.4, 0.5) is 18.9 Å². The summed E-state index contributed by atoms with van der Waals surface area (Å²) >= 11 is 0. The van der Waals surface area contributed by atoms with Crippen molar-refractivity contribution < 1.29 is 27.4 Å². The van der Waals surface area contributed by atoms with Crippen LogP contribution in [0.3, 0.4) is 0 Å². The van der Waals surface area contributed by atoms with Crippen molar-refractivity contribution in [3.63, 3.8) is 0 Å². The molecule has 0 N–H and O–H groups in total. The Morgan fingerprint density at radius 2 is 1.76 bits per heavy atom. The van der Waals surface area contributed by atoms with Crippen molar-refractivity contribution in [1.29, 1.82) is 0 Å². The van der Waals surface area contributed by atoms with Gasteiger partial charge in [-0.15, -0.1) is 24.1 Å². The van der Waals surface area contributed by atoms with Crippen LogP contribution >= 0.6 is 10.9 Å². The predicted molar refractivity (Wildman–Crippen MR) is 91.3 cm³/mol. The molecule has 132 valence electrons. The zero-order valence-electron chi connectivity index (χ0n) is 13.1. The van der Waals surface area contributed by atoms with Gasteiger partial charge >= 0.3 is 6.36 Å². The van der Waals surface area contributed by atoms with E-state index in [1.165, 1.54) is 6.07 Å². The molecule has 25 heavy (non-hydrogen) atoms. The molecule has 4 nitrogen and oxygen atoms in total. The molecule has 0 spiro atoms. The number of carbonyl (C=O) groups is 1. The third kappa shape index (κ3) is 4.14. The topological polar surface area (TPSA) is 47.9 Å². The minimum Gasteiger partial charge on any atom is -0.497 e. The highest BCUT2D eigenvalue weighted by Crippen LogP contribution is 2.41. The van der Waals surface area contributed by atoms with Gasteiger partial charge in [0.15, 0.2) is 0 Å². The molecule has 1 atom stereocenters. The third-order valence-corrected chi connectivity index (χ3v) is 5.40. The van der Waals surface area contributed by atoms with E-state index in [2.05, 4.69) is 9.73 Å². The highest BCUT2D eigenvalue weighted by atomic mass is 32.2. The number of rotatable bonds is 4. The Hall–Kier alpha value is -2.48. The Morgan fingerprint density at radius 1 is 1.08 bits per heavy atom. The summed E-state index contributed by atoms with van der Waals surface area (Å²) in [6.45, 7) is 0. The largest absolute Gasteiger partial charge is 0.573 e. The van der Waals surface area contributed by atoms with Crippen LogP contribution < -0.4 is 9.47 Å². The second-order valence-corrected chi connectivity index (χ2v) is 7.15. The van der Waals surface area contributed by atoms with Gasteiger partial charge in [-0.1, -0.05) is 12.1 Å². The second-order valence-electron chi connectivity index (χ2n) is 5.25. The van der Waals surface area contributed by atoms with Gasteiger partial charge in [-0.3, -0.25) is 9.79 Å². The Kier molecular flexibility index (Phi) is 4.71. The summed E-state index contributed by atoms with van der Waals surface area (Å²) in [4.78, 5) is 16.9. The Morgan fingerprint density at radius 3 is 2.40 bits per heavy atom. The first-order chi connectivity index (χ1) is 11.9. The molecule has 0 saturated heterocycles. The van der Waals surface area contributed by atoms with Gasteiger partial charge in [0.1, 0.15) is 11.5 Å². The summed E-state index contributed by atoms with van der Waals surface area (Å²) in [6.07, 6.45) is -4.80. The van der Waals surface area contributed by atoms with Gasteiger partial charge in [0.05, 0.1) is 18.4 Å². The summed E-state index contributed by atoms with van der Waals surface area (Å²) in [6, 6.07) is 10.9. The van der Waals surface area contributed by atoms with Crippen molar-refractivity contribution in [2.75, 3.05) is 7.11 Å². The maximum Gasteiger partial charge on any atom is 0.573 e. The molecule has 0 saturated carbocycles. The number of halogens is 3. The smallest absolute Gasteiger partial charge is 0.497 e. The first-order valence-corrected chi connectivity index (χ1v) is 8.83. The highest BCUT2D eigenvalue weighted by molar-refractivity contribution is 8.39. The van der Waals surface area contributed by atoms with Crippen molar-refractivity contribution in [1.82, 2.24) is 0 Å². The van der Waals surface area contributed by atoms with E-state index in [0.717, 1.165) is 17.7 Å². The number of methoxy groups -OCH3 is 1. The highest BCUT2D eigenvalue weighted by Gasteiger charge is 2.32. The number of fused-ring (bicyclic) bond motifs is 1. The predicted octanol–water partition coefficient (Wildman–Crippen LogP) is 4.61. The van der Waals surface area contributed by atoms with E-state index in [1.54, 1.807) is 24.8 Å². The van der Waals surface area contributed by atoms with E-state index in [1.807, 2.05) is 12.1 Å². The number of nitrogens with zero attached hydrogens (tertiary/aromatic N) is 1. The lowest BCUT2D eigenvalue weighted by Crippen LogP contribution is -2.17. The Bertz CT molecular complexity index is 819. The molecular formula is C17H14F3NO3S. The van der Waals surface area contributed by atoms with Crippen molar-refractivity contribution in [2.45, 2.75) is 12.1 Å². The van der Waals surface area contributed by atoms with Gasteiger partial charge in [-0.05, 0) is 35.9 Å². The van der Waals surface area contributed by atoms with Gasteiger partial charge in [0.25, 0.3) is 0 Å². The zero-order chi connectivity index (χ0) is 18.0. The molecule has 1 aliphatic rings. The molecule has 0 fully saturated rings. The molecule has 0 aromatic heterocycles. The van der Waals surface area contributed by atoms with E-state index >= 15 is 0 Å². The third-order valence-electron chi connectivity index (χ3n) is 3.54. The number of benzene rings is 2. The molecule has 3 rings (SSSR count). The van der Waals surface area contributed by atoms with Crippen LogP contribution in [0.2, 0.25) is 0 Å². The Balaban J connectivity index is 1.80. The van der Waals surface area contributed by atoms with Crippen molar-refractivity contribution in [3.05, 3.63) is 53.6 Å². The second kappa shape index (κ2) is 6.79. The van der Waals surface area contributed by atoms with Gasteiger partial charge in [0, 0.05) is 11.3 Å². The number of aliphatic imine (C=N–C) groups is 1. The first-order valence-electron chi connectivity index (χ1n) is 7.23. The summed E-state index contributed by atoms with van der Waals surface area (Å²) in [7, 11) is 0.300. The lowest BCUT2D eigenvalue weighted by Gasteiger charge is -2.21. The van der Waals surface area contributed by atoms with Crippen LogP contribution in [-0.2, 0) is 5.75 Å². The average Bonchev–Trinajstić information content (AvgIpc) is 2.57. The molecule has 0 amide bonds. The molecule has 0 aliphatic carbocycles. The summed E-state index contributed by atoms with van der Waals surface area (Å²) < 4.78 is 46.0. The Labute approximate surface area is 144 Å². The summed E-state index contributed by atoms with van der Waals surface area (Å²) in [5.41, 5.74) is 3.03. The molecule has 2 aromatic carbocycles. The number of ether oxygens (including phenoxy) is 2. The van der Waals surface area contributed by atoms with Gasteiger partial charge in [-0.2, -0.15) is 0 Å². The van der Waals surface area contributed by atoms with Gasteiger partial charge < -0.3 is 9.47 Å². The summed E-state index contributed by atoms with van der Waals surface area (Å²) in [5.74, 6) is 0.751. The van der Waals surface area contributed by atoms with Crippen LogP contribution in [0, 0.1) is 0 Å². The van der Waals surface area contributed by atoms with E-state index in [9.17, 15) is 18.0 Å². The normalized spacial score (nSPS) is 17.9. The number of hydrogen-bond donors (Lipinski definition) is 1. The fourth-order valence-corrected chi connectivity index (χ4v) is 4.06. The lowest BCUT2D eigenvalue weighted by molar-refractivity contribution is -0.274. The SMILES string of the molecule is COc1ccc(C[SH]2C=Nc3ccc(OC(F)(F)F)cc3C2=O)cc1. The lowest BCUT2D eigenvalue weighted by atomic mass is 10.2. The molecule has 0 radical (unpaired) electrons. The van der Waals surface area contributed by atoms with E-state index < -0.39 is 23.0 Å². The molecule has 0 bridgehead atoms. The molecule has 1 unspecified atom stereocenters. The molecule has 8 heteroatoms. The van der Waals surface area contributed by atoms with Crippen molar-refractivity contribution in [3.8, 4) is 11.5 Å². The average molecular weight is 369 g/mol. The number of thiol groups is 1. The van der Waals surface area contributed by atoms with Crippen LogP contribution in [0.1, 0.15) is 15.9 Å². The number of alkyl halides is 3. The number of carbonyl (C=O) groups excluding carboxylic acids is 1. The van der Waals surface area contributed by atoms with E-state index in [-0.39, 0.29) is 10.7 Å². The van der Waals surface area contributed by atoms with Crippen LogP contribution in [0.15, 0.2) is 47.5 Å². The molecular weight excluding hydrogens is 355 g/mol. The minimum absolute atomic E-state index is 0.156. The summed E-state index contributed by atoms with van der Waals surface area (Å²) in [5, 5.41) is -0.219. The zero-order valence-corrected chi connectivity index (χ0v) is 14.0. The standard InChI is InChI=1S/C17H14F3NO3S/c1-23-12-4-2-11(3-5-12)9-25-10-21-15-7-6-13(24-17(18,19)20)8-14(15)16(25)22/h2-8,10,25H,9H2,1H3. The molecule has 1 aliphatic heterocycles.